The van der Waals surface area contributed by atoms with Crippen molar-refractivity contribution < 1.29 is 14.6 Å². The number of ether oxygens (including phenoxy) is 1. The van der Waals surface area contributed by atoms with Crippen LogP contribution in [0.1, 0.15) is 12.5 Å². The number of aliphatic hydroxyl groups is 1. The third-order valence-electron chi connectivity index (χ3n) is 2.17. The van der Waals surface area contributed by atoms with Crippen molar-refractivity contribution in [2.24, 2.45) is 0 Å². The predicted molar refractivity (Wildman–Crippen MR) is 64.5 cm³/mol. The Morgan fingerprint density at radius 2 is 2.00 bits per heavy atom. The van der Waals surface area contributed by atoms with Crippen molar-refractivity contribution in [2.45, 2.75) is 24.3 Å². The number of aryl methyl sites for hydroxylation is 1. The second-order valence-electron chi connectivity index (χ2n) is 3.87. The summed E-state index contributed by atoms with van der Waals surface area (Å²) in [7, 11) is 1.27. The minimum atomic E-state index is -1.44. The predicted octanol–water partition coefficient (Wildman–Crippen LogP) is 2.01. The van der Waals surface area contributed by atoms with Crippen LogP contribution >= 0.6 is 11.8 Å². The van der Waals surface area contributed by atoms with Crippen LogP contribution in [0.4, 0.5) is 0 Å². The lowest BCUT2D eigenvalue weighted by Crippen LogP contribution is -2.38. The molecule has 1 rings (SSSR count). The first-order valence-electron chi connectivity index (χ1n) is 4.96. The van der Waals surface area contributed by atoms with Gasteiger partial charge < -0.3 is 9.84 Å². The molecule has 0 aliphatic rings. The summed E-state index contributed by atoms with van der Waals surface area (Å²) in [5, 5.41) is 9.80. The zero-order valence-corrected chi connectivity index (χ0v) is 10.5. The van der Waals surface area contributed by atoms with Crippen LogP contribution < -0.4 is 0 Å². The topological polar surface area (TPSA) is 46.5 Å². The number of methoxy groups -OCH3 is 1. The minimum Gasteiger partial charge on any atom is -0.467 e. The van der Waals surface area contributed by atoms with Gasteiger partial charge in [-0.1, -0.05) is 17.7 Å². The van der Waals surface area contributed by atoms with E-state index in [4.69, 9.17) is 0 Å². The van der Waals surface area contributed by atoms with Gasteiger partial charge in [-0.3, -0.25) is 0 Å². The lowest BCUT2D eigenvalue weighted by Gasteiger charge is -2.19. The van der Waals surface area contributed by atoms with E-state index in [1.807, 2.05) is 31.2 Å². The van der Waals surface area contributed by atoms with E-state index in [1.165, 1.54) is 31.4 Å². The van der Waals surface area contributed by atoms with Crippen LogP contribution in [-0.2, 0) is 9.53 Å². The number of esters is 1. The fourth-order valence-electron chi connectivity index (χ4n) is 1.14. The van der Waals surface area contributed by atoms with Crippen LogP contribution in [-0.4, -0.2) is 29.5 Å². The normalized spacial score (nSPS) is 14.2. The summed E-state index contributed by atoms with van der Waals surface area (Å²) < 4.78 is 4.52. The van der Waals surface area contributed by atoms with Crippen molar-refractivity contribution in [3.63, 3.8) is 0 Å². The number of thioether (sulfide) groups is 1. The Morgan fingerprint density at radius 1 is 1.44 bits per heavy atom. The van der Waals surface area contributed by atoms with Gasteiger partial charge in [0.25, 0.3) is 0 Å². The third kappa shape index (κ3) is 3.54. The second kappa shape index (κ2) is 5.37. The SMILES string of the molecule is COC(=O)C(C)(O)CSc1ccc(C)cc1. The van der Waals surface area contributed by atoms with Gasteiger partial charge in [-0.25, -0.2) is 4.79 Å². The maximum atomic E-state index is 11.2. The molecule has 1 aromatic rings. The summed E-state index contributed by atoms with van der Waals surface area (Å²) in [4.78, 5) is 12.2. The Labute approximate surface area is 99.8 Å². The molecule has 0 spiro atoms. The molecule has 1 N–H and O–H groups in total. The van der Waals surface area contributed by atoms with Crippen molar-refractivity contribution in [1.82, 2.24) is 0 Å². The molecule has 4 heteroatoms. The molecule has 1 unspecified atom stereocenters. The number of benzene rings is 1. The standard InChI is InChI=1S/C12H16O3S/c1-9-4-6-10(7-5-9)16-8-12(2,14)11(13)15-3/h4-7,14H,8H2,1-3H3. The largest absolute Gasteiger partial charge is 0.467 e. The molecule has 0 saturated heterocycles. The van der Waals surface area contributed by atoms with E-state index in [0.717, 1.165) is 4.90 Å². The maximum absolute atomic E-state index is 11.2. The van der Waals surface area contributed by atoms with Crippen molar-refractivity contribution in [3.8, 4) is 0 Å². The zero-order chi connectivity index (χ0) is 12.2. The molecule has 0 amide bonds. The first-order chi connectivity index (χ1) is 7.45. The van der Waals surface area contributed by atoms with E-state index in [2.05, 4.69) is 4.74 Å². The smallest absolute Gasteiger partial charge is 0.338 e. The number of rotatable bonds is 4. The van der Waals surface area contributed by atoms with Gasteiger partial charge in [0, 0.05) is 10.6 Å². The first-order valence-corrected chi connectivity index (χ1v) is 5.94. The van der Waals surface area contributed by atoms with Crippen molar-refractivity contribution in [2.75, 3.05) is 12.9 Å². The van der Waals surface area contributed by atoms with E-state index < -0.39 is 11.6 Å². The minimum absolute atomic E-state index is 0.280. The van der Waals surface area contributed by atoms with Gasteiger partial charge in [-0.05, 0) is 26.0 Å². The van der Waals surface area contributed by atoms with Crippen LogP contribution in [0.15, 0.2) is 29.2 Å². The monoisotopic (exact) mass is 240 g/mol. The molecule has 88 valence electrons. The van der Waals surface area contributed by atoms with Crippen molar-refractivity contribution in [1.29, 1.82) is 0 Å². The molecule has 0 radical (unpaired) electrons. The average molecular weight is 240 g/mol. The quantitative estimate of drug-likeness (QED) is 0.646. The van der Waals surface area contributed by atoms with E-state index in [1.54, 1.807) is 0 Å². The van der Waals surface area contributed by atoms with Gasteiger partial charge in [0.05, 0.1) is 7.11 Å². The number of hydrogen-bond donors (Lipinski definition) is 1. The highest BCUT2D eigenvalue weighted by atomic mass is 32.2. The summed E-state index contributed by atoms with van der Waals surface area (Å²) >= 11 is 1.43. The van der Waals surface area contributed by atoms with E-state index >= 15 is 0 Å². The number of carbonyl (C=O) groups is 1. The van der Waals surface area contributed by atoms with Crippen LogP contribution in [0.3, 0.4) is 0 Å². The van der Waals surface area contributed by atoms with Crippen LogP contribution in [0.2, 0.25) is 0 Å². The summed E-state index contributed by atoms with van der Waals surface area (Å²) in [5.74, 6) is -0.324. The molecule has 0 aromatic heterocycles. The van der Waals surface area contributed by atoms with Crippen LogP contribution in [0, 0.1) is 6.92 Å². The van der Waals surface area contributed by atoms with Gasteiger partial charge in [-0.15, -0.1) is 11.8 Å². The van der Waals surface area contributed by atoms with Gasteiger partial charge in [0.2, 0.25) is 0 Å². The van der Waals surface area contributed by atoms with Crippen molar-refractivity contribution in [3.05, 3.63) is 29.8 Å². The van der Waals surface area contributed by atoms with Gasteiger partial charge in [-0.2, -0.15) is 0 Å². The summed E-state index contributed by atoms with van der Waals surface area (Å²) in [5.41, 5.74) is -0.256. The number of carbonyl (C=O) groups excluding carboxylic acids is 1. The van der Waals surface area contributed by atoms with E-state index in [9.17, 15) is 9.90 Å². The Hall–Kier alpha value is -1.00. The third-order valence-corrected chi connectivity index (χ3v) is 3.48. The van der Waals surface area contributed by atoms with Gasteiger partial charge in [0.15, 0.2) is 5.60 Å². The Balaban J connectivity index is 2.57. The van der Waals surface area contributed by atoms with Crippen LogP contribution in [0.5, 0.6) is 0 Å². The fourth-order valence-corrected chi connectivity index (χ4v) is 2.03. The van der Waals surface area contributed by atoms with Crippen molar-refractivity contribution >= 4 is 17.7 Å². The highest BCUT2D eigenvalue weighted by molar-refractivity contribution is 7.99. The van der Waals surface area contributed by atoms with Gasteiger partial charge in [0.1, 0.15) is 0 Å². The molecule has 1 atom stereocenters. The molecule has 1 aromatic carbocycles. The Morgan fingerprint density at radius 3 is 2.50 bits per heavy atom. The molecule has 0 aliphatic heterocycles. The summed E-state index contributed by atoms with van der Waals surface area (Å²) in [6, 6.07) is 7.92. The highest BCUT2D eigenvalue weighted by Crippen LogP contribution is 2.23. The Kier molecular flexibility index (Phi) is 4.38. The summed E-state index contributed by atoms with van der Waals surface area (Å²) in [6.07, 6.45) is 0. The lowest BCUT2D eigenvalue weighted by atomic mass is 10.1. The fraction of sp³-hybridized carbons (Fsp3) is 0.417. The molecule has 0 bridgehead atoms. The zero-order valence-electron chi connectivity index (χ0n) is 9.69. The van der Waals surface area contributed by atoms with Crippen LogP contribution in [0.25, 0.3) is 0 Å². The molecule has 3 nitrogen and oxygen atoms in total. The molecule has 0 fully saturated rings. The molecule has 16 heavy (non-hydrogen) atoms. The first kappa shape index (κ1) is 13.1. The molecular formula is C12H16O3S. The number of hydrogen-bond acceptors (Lipinski definition) is 4. The molecular weight excluding hydrogens is 224 g/mol. The Bertz CT molecular complexity index is 357. The summed E-state index contributed by atoms with van der Waals surface area (Å²) in [6.45, 7) is 3.47. The maximum Gasteiger partial charge on any atom is 0.338 e. The van der Waals surface area contributed by atoms with E-state index in [-0.39, 0.29) is 5.75 Å². The average Bonchev–Trinajstić information content (AvgIpc) is 2.27. The lowest BCUT2D eigenvalue weighted by molar-refractivity contribution is -0.158. The molecule has 0 aliphatic carbocycles. The van der Waals surface area contributed by atoms with Gasteiger partial charge >= 0.3 is 5.97 Å². The second-order valence-corrected chi connectivity index (χ2v) is 4.92. The van der Waals surface area contributed by atoms with E-state index in [0.29, 0.717) is 0 Å². The highest BCUT2D eigenvalue weighted by Gasteiger charge is 2.31. The molecule has 0 heterocycles. The molecule has 0 saturated carbocycles.